The molecule has 3 heteroatoms. The third-order valence-corrected chi connectivity index (χ3v) is 0.287. The molecule has 0 unspecified atom stereocenters. The topological polar surface area (TPSA) is 44.1 Å². The number of amides is 1. The minimum atomic E-state index is 0.750. The van der Waals surface area contributed by atoms with Crippen LogP contribution >= 0.6 is 0 Å². The van der Waals surface area contributed by atoms with Crippen LogP contribution in [0.3, 0.4) is 0 Å². The number of hydrogen-bond acceptors (Lipinski definition) is 2. The first kappa shape index (κ1) is 4.96. The van der Waals surface area contributed by atoms with E-state index in [1.165, 1.54) is 19.7 Å². The normalized spacial score (nSPS) is 6.00. The van der Waals surface area contributed by atoms with Crippen molar-refractivity contribution in [2.24, 2.45) is 0 Å². The smallest absolute Gasteiger partial charge is 0.262 e. The fourth-order valence-electron chi connectivity index (χ4n) is 0.0204. The Morgan fingerprint density at radius 3 is 2.33 bits per heavy atom. The third-order valence-electron chi connectivity index (χ3n) is 0.287. The minimum Gasteiger partial charge on any atom is -0.262 e. The maximum atomic E-state index is 9.31. The molecule has 0 atom stereocenters. The highest BCUT2D eigenvalue weighted by Gasteiger charge is 1.81. The van der Waals surface area contributed by atoms with Crippen LogP contribution < -0.4 is 0 Å². The first-order valence-electron chi connectivity index (χ1n) is 1.32. The lowest BCUT2D eigenvalue weighted by atomic mass is 11.0. The summed E-state index contributed by atoms with van der Waals surface area (Å²) < 4.78 is 0. The van der Waals surface area contributed by atoms with Crippen molar-refractivity contribution in [3.05, 3.63) is 0 Å². The predicted octanol–water partition coefficient (Wildman–Crippen LogP) is -0.534. The van der Waals surface area contributed by atoms with Gasteiger partial charge in [0.2, 0.25) is 0 Å². The van der Waals surface area contributed by atoms with Gasteiger partial charge in [0.05, 0.1) is 0 Å². The Kier molecular flexibility index (Phi) is 1.83. The number of nitrogens with zero attached hydrogens (tertiary/aromatic N) is 2. The van der Waals surface area contributed by atoms with Gasteiger partial charge in [0.1, 0.15) is 0 Å². The Hall–Kier alpha value is -1.04. The van der Waals surface area contributed by atoms with E-state index in [1.807, 2.05) is 0 Å². The van der Waals surface area contributed by atoms with Gasteiger partial charge < -0.3 is 0 Å². The summed E-state index contributed by atoms with van der Waals surface area (Å²) in [7, 11) is 1.33. The second kappa shape index (κ2) is 2.21. The van der Waals surface area contributed by atoms with E-state index in [4.69, 9.17) is 5.26 Å². The quantitative estimate of drug-likeness (QED) is 0.316. The first-order chi connectivity index (χ1) is 2.81. The first-order valence-corrected chi connectivity index (χ1v) is 1.32. The van der Waals surface area contributed by atoms with Crippen LogP contribution in [0.25, 0.3) is 0 Å². The fourth-order valence-corrected chi connectivity index (χ4v) is 0.0204. The van der Waals surface area contributed by atoms with Gasteiger partial charge in [-0.3, -0.25) is 4.79 Å². The third kappa shape index (κ3) is 1.30. The molecule has 0 aromatic carbocycles. The summed E-state index contributed by atoms with van der Waals surface area (Å²) in [4.78, 5) is 10.1. The summed E-state index contributed by atoms with van der Waals surface area (Å²) in [5.41, 5.74) is 0. The summed E-state index contributed by atoms with van der Waals surface area (Å²) in [6, 6.07) is 0. The molecule has 0 N–H and O–H groups in total. The van der Waals surface area contributed by atoms with E-state index in [1.54, 1.807) is 0 Å². The van der Waals surface area contributed by atoms with Crippen LogP contribution in [0, 0.1) is 11.5 Å². The molecule has 0 aliphatic carbocycles. The van der Waals surface area contributed by atoms with E-state index in [0.717, 1.165) is 4.90 Å². The van der Waals surface area contributed by atoms with E-state index in [0.29, 0.717) is 0 Å². The Bertz CT molecular complexity index is 83.3. The molecular formula is C3H3N2O. The highest BCUT2D eigenvalue weighted by Crippen LogP contribution is 1.60. The van der Waals surface area contributed by atoms with Crippen molar-refractivity contribution in [1.29, 1.82) is 5.26 Å². The average molecular weight is 83.1 g/mol. The molecule has 0 heterocycles. The summed E-state index contributed by atoms with van der Waals surface area (Å²) in [6.07, 6.45) is 2.86. The number of hydrogen-bond donors (Lipinski definition) is 0. The van der Waals surface area contributed by atoms with Gasteiger partial charge in [-0.15, -0.1) is 0 Å². The van der Waals surface area contributed by atoms with Crippen molar-refractivity contribution < 1.29 is 4.79 Å². The fraction of sp³-hybridized carbons (Fsp3) is 0.333. The van der Waals surface area contributed by atoms with Crippen molar-refractivity contribution in [2.75, 3.05) is 7.05 Å². The van der Waals surface area contributed by atoms with Crippen LogP contribution in [0.2, 0.25) is 0 Å². The lowest BCUT2D eigenvalue weighted by Crippen LogP contribution is -2.05. The van der Waals surface area contributed by atoms with E-state index in [2.05, 4.69) is 0 Å². The minimum absolute atomic E-state index is 0.750. The zero-order valence-corrected chi connectivity index (χ0v) is 3.30. The van der Waals surface area contributed by atoms with Gasteiger partial charge in [-0.1, -0.05) is 0 Å². The molecule has 0 spiro atoms. The van der Waals surface area contributed by atoms with Gasteiger partial charge >= 0.3 is 6.41 Å². The summed E-state index contributed by atoms with van der Waals surface area (Å²) in [5.74, 6) is 0. The second-order valence-electron chi connectivity index (χ2n) is 0.750. The molecule has 31 valence electrons. The number of nitriles is 1. The van der Waals surface area contributed by atoms with Crippen LogP contribution in [0.15, 0.2) is 0 Å². The van der Waals surface area contributed by atoms with Crippen molar-refractivity contribution in [3.63, 3.8) is 0 Å². The van der Waals surface area contributed by atoms with Crippen molar-refractivity contribution in [3.8, 4) is 6.19 Å². The molecule has 3 nitrogen and oxygen atoms in total. The van der Waals surface area contributed by atoms with Gasteiger partial charge in [-0.25, -0.2) is 4.90 Å². The van der Waals surface area contributed by atoms with Gasteiger partial charge in [0, 0.05) is 7.05 Å². The van der Waals surface area contributed by atoms with Crippen molar-refractivity contribution in [2.45, 2.75) is 0 Å². The molecule has 0 aliphatic rings. The highest BCUT2D eigenvalue weighted by atomic mass is 16.1. The maximum Gasteiger partial charge on any atom is 0.325 e. The van der Waals surface area contributed by atoms with Gasteiger partial charge in [-0.05, 0) is 0 Å². The molecule has 0 aromatic heterocycles. The van der Waals surface area contributed by atoms with Crippen LogP contribution in [-0.4, -0.2) is 18.4 Å². The summed E-state index contributed by atoms with van der Waals surface area (Å²) in [5, 5.41) is 7.75. The molecule has 0 aromatic rings. The molecule has 6 heavy (non-hydrogen) atoms. The number of rotatable bonds is 1. The van der Waals surface area contributed by atoms with Gasteiger partial charge in [0.15, 0.2) is 6.19 Å². The monoisotopic (exact) mass is 83.0 g/mol. The van der Waals surface area contributed by atoms with E-state index in [-0.39, 0.29) is 0 Å². The van der Waals surface area contributed by atoms with E-state index >= 15 is 0 Å². The van der Waals surface area contributed by atoms with Crippen LogP contribution in [0.4, 0.5) is 0 Å². The van der Waals surface area contributed by atoms with Crippen molar-refractivity contribution >= 4 is 6.41 Å². The zero-order chi connectivity index (χ0) is 4.99. The molecule has 0 saturated heterocycles. The Balaban J connectivity index is 3.30. The Labute approximate surface area is 35.8 Å². The molecule has 0 rings (SSSR count). The Morgan fingerprint density at radius 1 is 1.83 bits per heavy atom. The van der Waals surface area contributed by atoms with Crippen LogP contribution in [0.5, 0.6) is 0 Å². The summed E-state index contributed by atoms with van der Waals surface area (Å²) >= 11 is 0. The van der Waals surface area contributed by atoms with E-state index in [9.17, 15) is 4.79 Å². The molecule has 0 aliphatic heterocycles. The predicted molar refractivity (Wildman–Crippen MR) is 19.1 cm³/mol. The van der Waals surface area contributed by atoms with Crippen LogP contribution in [0.1, 0.15) is 0 Å². The standard InChI is InChI=1S/C3H3N2O/c1-5(2-4)3-6/h1H3. The molecule has 1 amide bonds. The van der Waals surface area contributed by atoms with Gasteiger partial charge in [0.25, 0.3) is 0 Å². The lowest BCUT2D eigenvalue weighted by molar-refractivity contribution is 0.505. The molecule has 1 radical (unpaired) electrons. The summed E-state index contributed by atoms with van der Waals surface area (Å²) in [6.45, 7) is 0. The van der Waals surface area contributed by atoms with E-state index < -0.39 is 0 Å². The number of carbonyl (C=O) groups excluding carboxylic acids is 1. The highest BCUT2D eigenvalue weighted by molar-refractivity contribution is 5.49. The molecule has 0 bridgehead atoms. The second-order valence-corrected chi connectivity index (χ2v) is 0.750. The van der Waals surface area contributed by atoms with Gasteiger partial charge in [-0.2, -0.15) is 5.26 Å². The molecule has 0 fully saturated rings. The van der Waals surface area contributed by atoms with Crippen molar-refractivity contribution in [1.82, 2.24) is 4.90 Å². The SMILES string of the molecule is CN([C]=O)C#N. The Morgan fingerprint density at radius 2 is 2.33 bits per heavy atom. The molecular weight excluding hydrogens is 80.0 g/mol. The largest absolute Gasteiger partial charge is 0.325 e. The maximum absolute atomic E-state index is 9.31. The zero-order valence-electron chi connectivity index (χ0n) is 3.30. The lowest BCUT2D eigenvalue weighted by Gasteiger charge is -1.85. The average Bonchev–Trinajstić information content (AvgIpc) is 1.65. The molecule has 0 saturated carbocycles. The van der Waals surface area contributed by atoms with Crippen LogP contribution in [-0.2, 0) is 4.79 Å².